The molecule has 5 aromatic rings. The fraction of sp³-hybridized carbons (Fsp3) is 0.303. The molecule has 0 aliphatic carbocycles. The van der Waals surface area contributed by atoms with Crippen LogP contribution in [0.5, 0.6) is 0 Å². The van der Waals surface area contributed by atoms with Gasteiger partial charge in [-0.2, -0.15) is 0 Å². The van der Waals surface area contributed by atoms with Crippen LogP contribution in [0.3, 0.4) is 0 Å². The average molecular weight is 521 g/mol. The number of hydrogen-bond donors (Lipinski definition) is 0. The van der Waals surface area contributed by atoms with Crippen LogP contribution in [0, 0.1) is 6.92 Å². The fourth-order valence-electron chi connectivity index (χ4n) is 4.96. The Bertz CT molecular complexity index is 1640. The van der Waals surface area contributed by atoms with Gasteiger partial charge in [0.2, 0.25) is 0 Å². The molecule has 0 saturated heterocycles. The van der Waals surface area contributed by atoms with Gasteiger partial charge in [0.05, 0.1) is 28.6 Å². The number of imidazole rings is 2. The third kappa shape index (κ3) is 5.65. The maximum atomic E-state index is 12.9. The summed E-state index contributed by atoms with van der Waals surface area (Å²) in [5.74, 6) is 0.781. The van der Waals surface area contributed by atoms with E-state index in [1.807, 2.05) is 69.2 Å². The van der Waals surface area contributed by atoms with E-state index in [-0.39, 0.29) is 5.97 Å². The SMILES string of the molecule is CCCc1nc2c(C)cc(-c3cn(C)cn3)cc2n1Cc1ccc(-c2ccccc2C(=O)OC(C)(C)C)cc1. The van der Waals surface area contributed by atoms with E-state index in [0.29, 0.717) is 12.1 Å². The van der Waals surface area contributed by atoms with Gasteiger partial charge < -0.3 is 13.9 Å². The third-order valence-corrected chi connectivity index (χ3v) is 6.75. The lowest BCUT2D eigenvalue weighted by Crippen LogP contribution is -2.24. The van der Waals surface area contributed by atoms with Crippen molar-refractivity contribution in [3.63, 3.8) is 0 Å². The Hall–Kier alpha value is -4.19. The van der Waals surface area contributed by atoms with Gasteiger partial charge in [0.1, 0.15) is 11.4 Å². The summed E-state index contributed by atoms with van der Waals surface area (Å²) in [4.78, 5) is 22.5. The molecule has 0 aliphatic rings. The Balaban J connectivity index is 1.50. The molecule has 6 heteroatoms. The Morgan fingerprint density at radius 3 is 2.41 bits per heavy atom. The highest BCUT2D eigenvalue weighted by Gasteiger charge is 2.21. The molecular formula is C33H36N4O2. The fourth-order valence-corrected chi connectivity index (χ4v) is 4.96. The van der Waals surface area contributed by atoms with Crippen molar-refractivity contribution in [1.82, 2.24) is 19.1 Å². The second-order valence-corrected chi connectivity index (χ2v) is 11.2. The quantitative estimate of drug-likeness (QED) is 0.210. The van der Waals surface area contributed by atoms with Crippen LogP contribution >= 0.6 is 0 Å². The molecule has 2 heterocycles. The molecule has 6 nitrogen and oxygen atoms in total. The van der Waals surface area contributed by atoms with E-state index in [2.05, 4.69) is 59.8 Å². The van der Waals surface area contributed by atoms with E-state index in [1.165, 1.54) is 5.56 Å². The van der Waals surface area contributed by atoms with E-state index < -0.39 is 5.60 Å². The smallest absolute Gasteiger partial charge is 0.339 e. The molecule has 2 aromatic heterocycles. The van der Waals surface area contributed by atoms with Gasteiger partial charge in [0.15, 0.2) is 0 Å². The molecule has 0 spiro atoms. The molecular weight excluding hydrogens is 484 g/mol. The van der Waals surface area contributed by atoms with Crippen molar-refractivity contribution < 1.29 is 9.53 Å². The maximum Gasteiger partial charge on any atom is 0.339 e. The zero-order chi connectivity index (χ0) is 27.7. The topological polar surface area (TPSA) is 61.9 Å². The summed E-state index contributed by atoms with van der Waals surface area (Å²) in [5, 5.41) is 0. The first-order valence-electron chi connectivity index (χ1n) is 13.5. The molecule has 0 amide bonds. The highest BCUT2D eigenvalue weighted by atomic mass is 16.6. The number of aromatic nitrogens is 4. The van der Waals surface area contributed by atoms with Gasteiger partial charge in [-0.15, -0.1) is 0 Å². The molecule has 0 atom stereocenters. The van der Waals surface area contributed by atoms with Gasteiger partial charge in [-0.1, -0.05) is 49.4 Å². The van der Waals surface area contributed by atoms with Gasteiger partial charge in [0.25, 0.3) is 0 Å². The summed E-state index contributed by atoms with van der Waals surface area (Å²) in [6.07, 6.45) is 5.81. The molecule has 3 aromatic carbocycles. The number of carbonyl (C=O) groups is 1. The standard InChI is InChI=1S/C33H36N4O2/c1-7-10-30-35-31-22(2)17-25(28-20-36(6)21-34-28)18-29(31)37(30)19-23-13-15-24(16-14-23)26-11-8-9-12-27(26)32(38)39-33(3,4)5/h8-9,11-18,20-21H,7,10,19H2,1-6H3. The van der Waals surface area contributed by atoms with E-state index >= 15 is 0 Å². The summed E-state index contributed by atoms with van der Waals surface area (Å²) >= 11 is 0. The lowest BCUT2D eigenvalue weighted by Gasteiger charge is -2.20. The number of benzene rings is 3. The number of nitrogens with zero attached hydrogens (tertiary/aromatic N) is 4. The predicted molar refractivity (Wildman–Crippen MR) is 157 cm³/mol. The second-order valence-electron chi connectivity index (χ2n) is 11.2. The summed E-state index contributed by atoms with van der Waals surface area (Å²) in [5.41, 5.74) is 8.42. The second kappa shape index (κ2) is 10.5. The lowest BCUT2D eigenvalue weighted by atomic mass is 9.98. The van der Waals surface area contributed by atoms with Gasteiger partial charge in [0, 0.05) is 31.8 Å². The maximum absolute atomic E-state index is 12.9. The molecule has 200 valence electrons. The van der Waals surface area contributed by atoms with Crippen LogP contribution in [-0.4, -0.2) is 30.7 Å². The normalized spacial score (nSPS) is 11.7. The van der Waals surface area contributed by atoms with Crippen LogP contribution < -0.4 is 0 Å². The number of hydrogen-bond acceptors (Lipinski definition) is 4. The molecule has 0 aliphatic heterocycles. The summed E-state index contributed by atoms with van der Waals surface area (Å²) in [6, 6.07) is 20.5. The minimum Gasteiger partial charge on any atom is -0.456 e. The largest absolute Gasteiger partial charge is 0.456 e. The number of rotatable bonds is 7. The minimum absolute atomic E-state index is 0.310. The highest BCUT2D eigenvalue weighted by Crippen LogP contribution is 2.30. The van der Waals surface area contributed by atoms with E-state index in [9.17, 15) is 4.79 Å². The van der Waals surface area contributed by atoms with Crippen LogP contribution in [-0.2, 0) is 24.8 Å². The Kier molecular flexibility index (Phi) is 7.13. The van der Waals surface area contributed by atoms with Crippen LogP contribution in [0.1, 0.15) is 61.4 Å². The van der Waals surface area contributed by atoms with E-state index in [1.54, 1.807) is 0 Å². The molecule has 5 rings (SSSR count). The highest BCUT2D eigenvalue weighted by molar-refractivity contribution is 5.97. The Morgan fingerprint density at radius 1 is 1.00 bits per heavy atom. The molecule has 0 radical (unpaired) electrons. The van der Waals surface area contributed by atoms with Gasteiger partial charge >= 0.3 is 5.97 Å². The first-order chi connectivity index (χ1) is 18.6. The van der Waals surface area contributed by atoms with Crippen LogP contribution in [0.4, 0.5) is 0 Å². The molecule has 39 heavy (non-hydrogen) atoms. The summed E-state index contributed by atoms with van der Waals surface area (Å²) in [7, 11) is 1.99. The molecule has 0 N–H and O–H groups in total. The van der Waals surface area contributed by atoms with Crippen molar-refractivity contribution in [3.05, 3.63) is 95.7 Å². The van der Waals surface area contributed by atoms with Crippen molar-refractivity contribution >= 4 is 17.0 Å². The Labute approximate surface area is 230 Å². The third-order valence-electron chi connectivity index (χ3n) is 6.75. The van der Waals surface area contributed by atoms with Crippen LogP contribution in [0.2, 0.25) is 0 Å². The average Bonchev–Trinajstić information content (AvgIpc) is 3.48. The predicted octanol–water partition coefficient (Wildman–Crippen LogP) is 7.37. The molecule has 0 bridgehead atoms. The van der Waals surface area contributed by atoms with Crippen molar-refractivity contribution in [1.29, 1.82) is 0 Å². The van der Waals surface area contributed by atoms with E-state index in [0.717, 1.165) is 57.6 Å². The lowest BCUT2D eigenvalue weighted by molar-refractivity contribution is 0.00704. The Morgan fingerprint density at radius 2 is 1.74 bits per heavy atom. The van der Waals surface area contributed by atoms with Crippen molar-refractivity contribution in [2.45, 2.75) is 59.6 Å². The minimum atomic E-state index is -0.549. The number of esters is 1. The van der Waals surface area contributed by atoms with Gasteiger partial charge in [-0.25, -0.2) is 14.8 Å². The number of carbonyl (C=O) groups excluding carboxylic acids is 1. The molecule has 0 saturated carbocycles. The van der Waals surface area contributed by atoms with Crippen LogP contribution in [0.25, 0.3) is 33.4 Å². The molecule has 0 fully saturated rings. The number of aryl methyl sites for hydroxylation is 3. The van der Waals surface area contributed by atoms with E-state index in [4.69, 9.17) is 9.72 Å². The number of ether oxygens (including phenoxy) is 1. The van der Waals surface area contributed by atoms with Crippen molar-refractivity contribution in [2.75, 3.05) is 0 Å². The van der Waals surface area contributed by atoms with Crippen LogP contribution in [0.15, 0.2) is 73.2 Å². The monoisotopic (exact) mass is 520 g/mol. The first-order valence-corrected chi connectivity index (χ1v) is 13.5. The zero-order valence-corrected chi connectivity index (χ0v) is 23.7. The van der Waals surface area contributed by atoms with Gasteiger partial charge in [-0.3, -0.25) is 0 Å². The van der Waals surface area contributed by atoms with Crippen molar-refractivity contribution in [2.24, 2.45) is 7.05 Å². The molecule has 0 unspecified atom stereocenters. The summed E-state index contributed by atoms with van der Waals surface area (Å²) < 4.78 is 9.96. The first kappa shape index (κ1) is 26.4. The summed E-state index contributed by atoms with van der Waals surface area (Å²) in [6.45, 7) is 10.7. The van der Waals surface area contributed by atoms with Crippen molar-refractivity contribution in [3.8, 4) is 22.4 Å². The zero-order valence-electron chi connectivity index (χ0n) is 23.7. The number of fused-ring (bicyclic) bond motifs is 1. The van der Waals surface area contributed by atoms with Gasteiger partial charge in [-0.05, 0) is 74.6 Å².